The maximum atomic E-state index is 11.4. The first-order valence-electron chi connectivity index (χ1n) is 3.99. The van der Waals surface area contributed by atoms with Crippen molar-refractivity contribution in [2.45, 2.75) is 6.61 Å². The molecule has 3 nitrogen and oxygen atoms in total. The highest BCUT2D eigenvalue weighted by Crippen LogP contribution is 2.41. The zero-order valence-electron chi connectivity index (χ0n) is 7.98. The quantitative estimate of drug-likeness (QED) is 0.671. The fraction of sp³-hybridized carbons (Fsp3) is 0.222. The molecule has 0 unspecified atom stereocenters. The Morgan fingerprint density at radius 3 is 1.88 bits per heavy atom. The molecule has 0 fully saturated rings. The monoisotopic (exact) mass is 302 g/mol. The van der Waals surface area contributed by atoms with E-state index in [1.165, 1.54) is 7.11 Å². The summed E-state index contributed by atoms with van der Waals surface area (Å²) < 4.78 is 4.49. The van der Waals surface area contributed by atoms with Crippen molar-refractivity contribution in [1.29, 1.82) is 0 Å². The van der Waals surface area contributed by atoms with Crippen LogP contribution in [0.4, 0.5) is 0 Å². The van der Waals surface area contributed by atoms with Gasteiger partial charge in [-0.1, -0.05) is 46.4 Å². The van der Waals surface area contributed by atoms with Gasteiger partial charge in [-0.05, 0) is 0 Å². The number of benzene rings is 1. The van der Waals surface area contributed by atoms with Crippen molar-refractivity contribution in [2.75, 3.05) is 7.11 Å². The van der Waals surface area contributed by atoms with Gasteiger partial charge in [-0.15, -0.1) is 0 Å². The molecule has 0 aromatic heterocycles. The Bertz CT molecular complexity index is 416. The van der Waals surface area contributed by atoms with Crippen LogP contribution in [0.5, 0.6) is 0 Å². The number of aliphatic hydroxyl groups is 1. The maximum Gasteiger partial charge on any atom is 0.341 e. The number of hydrogen-bond acceptors (Lipinski definition) is 3. The number of halogens is 4. The molecule has 0 saturated heterocycles. The van der Waals surface area contributed by atoms with Crippen molar-refractivity contribution in [1.82, 2.24) is 0 Å². The third-order valence-corrected chi connectivity index (χ3v) is 3.69. The van der Waals surface area contributed by atoms with Gasteiger partial charge in [0.2, 0.25) is 0 Å². The van der Waals surface area contributed by atoms with Crippen LogP contribution in [0.3, 0.4) is 0 Å². The van der Waals surface area contributed by atoms with Gasteiger partial charge in [0.25, 0.3) is 0 Å². The van der Waals surface area contributed by atoms with E-state index in [2.05, 4.69) is 4.74 Å². The van der Waals surface area contributed by atoms with Gasteiger partial charge in [0.05, 0.1) is 39.4 Å². The molecule has 0 saturated carbocycles. The molecule has 1 aromatic carbocycles. The number of carbonyl (C=O) groups is 1. The minimum atomic E-state index is -0.747. The zero-order chi connectivity index (χ0) is 12.5. The first-order valence-corrected chi connectivity index (χ1v) is 5.50. The van der Waals surface area contributed by atoms with E-state index in [4.69, 9.17) is 51.5 Å². The van der Waals surface area contributed by atoms with E-state index in [0.29, 0.717) is 0 Å². The number of methoxy groups -OCH3 is 1. The lowest BCUT2D eigenvalue weighted by Crippen LogP contribution is -2.06. The molecule has 16 heavy (non-hydrogen) atoms. The van der Waals surface area contributed by atoms with E-state index in [1.54, 1.807) is 0 Å². The number of ether oxygens (including phenoxy) is 1. The fourth-order valence-corrected chi connectivity index (χ4v) is 2.26. The Balaban J connectivity index is 3.60. The second-order valence-electron chi connectivity index (χ2n) is 2.76. The van der Waals surface area contributed by atoms with Crippen LogP contribution < -0.4 is 0 Å². The molecular weight excluding hydrogens is 298 g/mol. The molecule has 0 bridgehead atoms. The van der Waals surface area contributed by atoms with Crippen LogP contribution in [-0.2, 0) is 11.3 Å². The van der Waals surface area contributed by atoms with Crippen LogP contribution >= 0.6 is 46.4 Å². The van der Waals surface area contributed by atoms with Crippen LogP contribution in [-0.4, -0.2) is 18.2 Å². The van der Waals surface area contributed by atoms with Crippen molar-refractivity contribution in [3.05, 3.63) is 31.2 Å². The standard InChI is InChI=1S/C9H6Cl4O3/c1-16-9(15)4-7(12)5(10)3(2-14)6(11)8(4)13/h14H,2H2,1H3. The van der Waals surface area contributed by atoms with Crippen molar-refractivity contribution in [3.8, 4) is 0 Å². The predicted octanol–water partition coefficient (Wildman–Crippen LogP) is 3.58. The first kappa shape index (κ1) is 13.9. The Morgan fingerprint density at radius 2 is 1.56 bits per heavy atom. The number of carbonyl (C=O) groups excluding carboxylic acids is 1. The van der Waals surface area contributed by atoms with E-state index < -0.39 is 12.6 Å². The zero-order valence-corrected chi connectivity index (χ0v) is 11.0. The van der Waals surface area contributed by atoms with Crippen molar-refractivity contribution in [3.63, 3.8) is 0 Å². The summed E-state index contributed by atoms with van der Waals surface area (Å²) in [6.07, 6.45) is 0. The average molecular weight is 304 g/mol. The van der Waals surface area contributed by atoms with Crippen LogP contribution in [0.1, 0.15) is 15.9 Å². The topological polar surface area (TPSA) is 46.5 Å². The number of rotatable bonds is 2. The third kappa shape index (κ3) is 2.24. The van der Waals surface area contributed by atoms with Gasteiger partial charge in [-0.3, -0.25) is 0 Å². The summed E-state index contributed by atoms with van der Waals surface area (Å²) >= 11 is 23.4. The van der Waals surface area contributed by atoms with Gasteiger partial charge in [0.15, 0.2) is 0 Å². The van der Waals surface area contributed by atoms with E-state index in [9.17, 15) is 4.79 Å². The molecule has 7 heteroatoms. The summed E-state index contributed by atoms with van der Waals surface area (Å²) in [4.78, 5) is 11.4. The Labute approximate surface area is 112 Å². The molecule has 1 N–H and O–H groups in total. The average Bonchev–Trinajstić information content (AvgIpc) is 2.27. The van der Waals surface area contributed by atoms with Crippen LogP contribution in [0.25, 0.3) is 0 Å². The highest BCUT2D eigenvalue weighted by Gasteiger charge is 2.24. The highest BCUT2D eigenvalue weighted by atomic mass is 35.5. The summed E-state index contributed by atoms with van der Waals surface area (Å²) in [5.74, 6) is -0.747. The molecule has 1 aromatic rings. The second kappa shape index (κ2) is 5.43. The highest BCUT2D eigenvalue weighted by molar-refractivity contribution is 6.50. The Kier molecular flexibility index (Phi) is 4.71. The predicted molar refractivity (Wildman–Crippen MR) is 63.7 cm³/mol. The molecule has 0 spiro atoms. The summed E-state index contributed by atoms with van der Waals surface area (Å²) in [6, 6.07) is 0. The summed E-state index contributed by atoms with van der Waals surface area (Å²) in [7, 11) is 1.18. The van der Waals surface area contributed by atoms with Crippen molar-refractivity contribution in [2.24, 2.45) is 0 Å². The second-order valence-corrected chi connectivity index (χ2v) is 4.27. The Morgan fingerprint density at radius 1 is 1.12 bits per heavy atom. The largest absolute Gasteiger partial charge is 0.465 e. The van der Waals surface area contributed by atoms with Gasteiger partial charge < -0.3 is 9.84 Å². The van der Waals surface area contributed by atoms with Crippen LogP contribution in [0, 0.1) is 0 Å². The van der Waals surface area contributed by atoms with E-state index in [-0.39, 0.29) is 31.2 Å². The number of hydrogen-bond donors (Lipinski definition) is 1. The minimum Gasteiger partial charge on any atom is -0.465 e. The van der Waals surface area contributed by atoms with Gasteiger partial charge in [0, 0.05) is 5.56 Å². The maximum absolute atomic E-state index is 11.4. The summed E-state index contributed by atoms with van der Waals surface area (Å²) in [5, 5.41) is 8.82. The van der Waals surface area contributed by atoms with Gasteiger partial charge in [-0.2, -0.15) is 0 Å². The van der Waals surface area contributed by atoms with Crippen molar-refractivity contribution >= 4 is 52.4 Å². The molecule has 0 aliphatic heterocycles. The molecular formula is C9H6Cl4O3. The lowest BCUT2D eigenvalue weighted by atomic mass is 10.1. The van der Waals surface area contributed by atoms with Crippen LogP contribution in [0.15, 0.2) is 0 Å². The first-order chi connectivity index (χ1) is 7.45. The molecule has 0 amide bonds. The normalized spacial score (nSPS) is 10.4. The molecule has 0 aliphatic rings. The summed E-state index contributed by atoms with van der Waals surface area (Å²) in [6.45, 7) is -0.432. The lowest BCUT2D eigenvalue weighted by Gasteiger charge is -2.12. The fourth-order valence-electron chi connectivity index (χ4n) is 1.10. The lowest BCUT2D eigenvalue weighted by molar-refractivity contribution is 0.0601. The molecule has 0 aliphatic carbocycles. The Hall–Kier alpha value is -0.190. The minimum absolute atomic E-state index is 0.0148. The van der Waals surface area contributed by atoms with Gasteiger partial charge >= 0.3 is 5.97 Å². The van der Waals surface area contributed by atoms with Gasteiger partial charge in [0.1, 0.15) is 0 Å². The number of esters is 1. The van der Waals surface area contributed by atoms with Crippen molar-refractivity contribution < 1.29 is 14.6 Å². The molecule has 1 rings (SSSR count). The molecule has 0 radical (unpaired) electrons. The van der Waals surface area contributed by atoms with Gasteiger partial charge in [-0.25, -0.2) is 4.79 Å². The van der Waals surface area contributed by atoms with E-state index in [1.807, 2.05) is 0 Å². The summed E-state index contributed by atoms with van der Waals surface area (Å²) in [5.41, 5.74) is 0.0593. The smallest absolute Gasteiger partial charge is 0.341 e. The SMILES string of the molecule is COC(=O)c1c(Cl)c(Cl)c(CO)c(Cl)c1Cl. The van der Waals surface area contributed by atoms with E-state index >= 15 is 0 Å². The van der Waals surface area contributed by atoms with E-state index in [0.717, 1.165) is 0 Å². The molecule has 0 atom stereocenters. The molecule has 0 heterocycles. The molecule has 88 valence electrons. The third-order valence-electron chi connectivity index (χ3n) is 1.90. The van der Waals surface area contributed by atoms with Crippen LogP contribution in [0.2, 0.25) is 20.1 Å². The number of aliphatic hydroxyl groups excluding tert-OH is 1.